The highest BCUT2D eigenvalue weighted by atomic mass is 35.5. The zero-order valence-electron chi connectivity index (χ0n) is 53.0. The lowest BCUT2D eigenvalue weighted by Crippen LogP contribution is -2.03. The van der Waals surface area contributed by atoms with Gasteiger partial charge in [0, 0.05) is 96.2 Å². The molecule has 5 N–H and O–H groups in total. The van der Waals surface area contributed by atoms with E-state index in [9.17, 15) is 0 Å². The lowest BCUT2D eigenvalue weighted by atomic mass is 10.1. The van der Waals surface area contributed by atoms with Crippen LogP contribution in [0.1, 0.15) is 64.2 Å². The van der Waals surface area contributed by atoms with Crippen LogP contribution >= 0.6 is 11.6 Å². The lowest BCUT2D eigenvalue weighted by molar-refractivity contribution is 0.327. The van der Waals surface area contributed by atoms with Gasteiger partial charge < -0.3 is 50.3 Å². The zero-order chi connectivity index (χ0) is 65.1. The second-order valence-corrected chi connectivity index (χ2v) is 19.6. The normalized spacial score (nSPS) is 10.1. The molecule has 0 saturated heterocycles. The summed E-state index contributed by atoms with van der Waals surface area (Å²) >= 11 is 5.92. The Morgan fingerprint density at radius 1 is 0.359 bits per heavy atom. The van der Waals surface area contributed by atoms with Crippen LogP contribution in [0.25, 0.3) is 11.1 Å². The standard InChI is InChI=1S/C17H16N4O.C14H16ClN3O.2C13H15N3O.C12H14N4O/c1-2-22-15-10-14(13-6-5-8-18-11-13)12-20-17(15)21-16-7-3-4-9-19-16;1-3-11-6-5-7-13(17-11)18-14-12(19-4-2)8-10(15)9-16-14;1-3-17-13-11(7-5-9-14-13)16-12-8-4-6-10(2)15-12;1-3-17-11-5-4-8-14-13(11)16-12-7-6-10(2)9-15-12;1-3-17-12-11(13-7-8-14-12)16-10-6-4-5-9(2)15-10/h3-12H,2H2,1H3,(H,19,20,21);5-9H,3-4H2,1-2H3,(H,16,17,18);4-9H,3H2,1-2H3,(H,15,16);4-9H,3H2,1-2H3,(H,14,15,16);4-8H,3H2,1-2H3,(H,13,15,16). The molecule has 22 nitrogen and oxygen atoms in total. The number of aromatic nitrogens is 12. The molecule has 0 spiro atoms. The minimum Gasteiger partial charge on any atom is -0.490 e. The fraction of sp³-hybridized carbons (Fsp3) is 0.217. The van der Waals surface area contributed by atoms with Gasteiger partial charge in [0.25, 0.3) is 5.88 Å². The van der Waals surface area contributed by atoms with Gasteiger partial charge in [-0.3, -0.25) is 4.98 Å². The Bertz CT molecular complexity index is 3860. The van der Waals surface area contributed by atoms with E-state index in [1.54, 1.807) is 61.8 Å². The number of nitrogens with one attached hydrogen (secondary N) is 5. The molecule has 0 aliphatic carbocycles. The van der Waals surface area contributed by atoms with Crippen molar-refractivity contribution >= 4 is 69.6 Å². The molecule has 0 saturated carbocycles. The Balaban J connectivity index is 0.000000164. The van der Waals surface area contributed by atoms with E-state index in [-0.39, 0.29) is 0 Å². The predicted molar refractivity (Wildman–Crippen MR) is 364 cm³/mol. The number of hydrogen-bond acceptors (Lipinski definition) is 22. The van der Waals surface area contributed by atoms with Crippen molar-refractivity contribution in [3.63, 3.8) is 0 Å². The molecular formula is C69H76ClN17O5. The van der Waals surface area contributed by atoms with Gasteiger partial charge in [-0.25, -0.2) is 54.8 Å². The van der Waals surface area contributed by atoms with Gasteiger partial charge in [0.1, 0.15) is 34.8 Å². The minimum atomic E-state index is 0.485. The number of aryl methyl sites for hydroxylation is 4. The number of pyridine rings is 10. The minimum absolute atomic E-state index is 0.485. The summed E-state index contributed by atoms with van der Waals surface area (Å²) in [7, 11) is 0. The third-order valence-electron chi connectivity index (χ3n) is 12.1. The summed E-state index contributed by atoms with van der Waals surface area (Å²) < 4.78 is 27.5. The van der Waals surface area contributed by atoms with E-state index >= 15 is 0 Å². The maximum atomic E-state index is 5.92. The molecule has 0 aromatic carbocycles. The molecule has 0 radical (unpaired) electrons. The highest BCUT2D eigenvalue weighted by Crippen LogP contribution is 2.32. The molecule has 0 fully saturated rings. The molecule has 11 heterocycles. The summed E-state index contributed by atoms with van der Waals surface area (Å²) in [6, 6.07) is 42.1. The van der Waals surface area contributed by atoms with E-state index in [0.717, 1.165) is 80.7 Å². The number of rotatable bonds is 22. The van der Waals surface area contributed by atoms with Crippen LogP contribution in [0.5, 0.6) is 29.0 Å². The van der Waals surface area contributed by atoms with Gasteiger partial charge in [0.05, 0.1) is 38.1 Å². The summed E-state index contributed by atoms with van der Waals surface area (Å²) in [5.41, 5.74) is 6.85. The van der Waals surface area contributed by atoms with Crippen LogP contribution in [0.2, 0.25) is 5.02 Å². The van der Waals surface area contributed by atoms with Gasteiger partial charge in [-0.2, -0.15) is 0 Å². The topological polar surface area (TPSA) is 261 Å². The average molecular weight is 1260 g/mol. The van der Waals surface area contributed by atoms with Gasteiger partial charge in [0.2, 0.25) is 5.88 Å². The van der Waals surface area contributed by atoms with Gasteiger partial charge >= 0.3 is 0 Å². The highest BCUT2D eigenvalue weighted by Gasteiger charge is 2.12. The van der Waals surface area contributed by atoms with Crippen LogP contribution < -0.4 is 50.3 Å². The first-order valence-electron chi connectivity index (χ1n) is 29.9. The van der Waals surface area contributed by atoms with E-state index in [0.29, 0.717) is 84.6 Å². The first-order chi connectivity index (χ1) is 45.0. The molecule has 23 heteroatoms. The maximum Gasteiger partial charge on any atom is 0.257 e. The Hall–Kier alpha value is -11.1. The molecule has 0 aliphatic rings. The number of ether oxygens (including phenoxy) is 5. The first-order valence-corrected chi connectivity index (χ1v) is 30.3. The predicted octanol–water partition coefficient (Wildman–Crippen LogP) is 15.7. The summed E-state index contributed by atoms with van der Waals surface area (Å²) in [6.07, 6.45) is 18.0. The van der Waals surface area contributed by atoms with Crippen molar-refractivity contribution in [2.24, 2.45) is 0 Å². The summed E-state index contributed by atoms with van der Waals surface area (Å²) in [5, 5.41) is 16.3. The Morgan fingerprint density at radius 2 is 0.902 bits per heavy atom. The number of halogens is 1. The Morgan fingerprint density at radius 3 is 1.55 bits per heavy atom. The SMILES string of the molecule is CCOc1cc(-c2cccnc2)cnc1Nc1ccccn1.CCOc1cc(Cl)cnc1Nc1cccc(CC)n1.CCOc1cccnc1Nc1ccc(C)cn1.CCOc1ncccc1Nc1cccc(C)n1.CCOc1nccnc1Nc1cccc(C)n1. The van der Waals surface area contributed by atoms with Crippen LogP contribution in [0.3, 0.4) is 0 Å². The maximum absolute atomic E-state index is 5.92. The lowest BCUT2D eigenvalue weighted by Gasteiger charge is -2.12. The molecule has 474 valence electrons. The zero-order valence-corrected chi connectivity index (χ0v) is 53.8. The molecule has 0 aliphatic heterocycles. The highest BCUT2D eigenvalue weighted by molar-refractivity contribution is 6.30. The fourth-order valence-electron chi connectivity index (χ4n) is 8.00. The van der Waals surface area contributed by atoms with Crippen LogP contribution in [-0.4, -0.2) is 92.8 Å². The molecule has 11 rings (SSSR count). The van der Waals surface area contributed by atoms with E-state index in [1.807, 2.05) is 189 Å². The first kappa shape index (κ1) is 68.4. The van der Waals surface area contributed by atoms with Crippen LogP contribution in [0, 0.1) is 20.8 Å². The van der Waals surface area contributed by atoms with E-state index in [2.05, 4.69) is 93.3 Å². The molecule has 0 amide bonds. The fourth-order valence-corrected chi connectivity index (χ4v) is 8.14. The third-order valence-corrected chi connectivity index (χ3v) is 12.3. The smallest absolute Gasteiger partial charge is 0.257 e. The number of hydrogen-bond donors (Lipinski definition) is 5. The largest absolute Gasteiger partial charge is 0.490 e. The van der Waals surface area contributed by atoms with Crippen molar-refractivity contribution in [2.45, 2.75) is 68.7 Å². The second-order valence-electron chi connectivity index (χ2n) is 19.2. The number of anilines is 10. The molecule has 0 atom stereocenters. The molecular weight excluding hydrogens is 1180 g/mol. The van der Waals surface area contributed by atoms with Gasteiger partial charge in [-0.1, -0.05) is 54.9 Å². The monoisotopic (exact) mass is 1260 g/mol. The second kappa shape index (κ2) is 37.7. The van der Waals surface area contributed by atoms with E-state index < -0.39 is 0 Å². The molecule has 0 unspecified atom stereocenters. The summed E-state index contributed by atoms with van der Waals surface area (Å²) in [6.45, 7) is 20.5. The van der Waals surface area contributed by atoms with Gasteiger partial charge in [-0.05, 0) is 158 Å². The van der Waals surface area contributed by atoms with Crippen molar-refractivity contribution in [2.75, 3.05) is 59.6 Å². The number of nitrogens with zero attached hydrogens (tertiary/aromatic N) is 12. The Kier molecular flexibility index (Phi) is 28.0. The van der Waals surface area contributed by atoms with Crippen LogP contribution in [0.15, 0.2) is 195 Å². The van der Waals surface area contributed by atoms with Gasteiger partial charge in [0.15, 0.2) is 40.5 Å². The summed E-state index contributed by atoms with van der Waals surface area (Å²) in [5.74, 6) is 9.40. The van der Waals surface area contributed by atoms with Crippen molar-refractivity contribution in [1.82, 2.24) is 59.8 Å². The van der Waals surface area contributed by atoms with Crippen molar-refractivity contribution in [1.29, 1.82) is 0 Å². The summed E-state index contributed by atoms with van der Waals surface area (Å²) in [4.78, 5) is 51.2. The van der Waals surface area contributed by atoms with Crippen molar-refractivity contribution < 1.29 is 23.7 Å². The van der Waals surface area contributed by atoms with Crippen LogP contribution in [0.4, 0.5) is 58.0 Å². The quantitative estimate of drug-likeness (QED) is 0.0422. The van der Waals surface area contributed by atoms with E-state index in [1.165, 1.54) is 0 Å². The molecule has 11 aromatic heterocycles. The van der Waals surface area contributed by atoms with Crippen molar-refractivity contribution in [3.8, 4) is 40.1 Å². The van der Waals surface area contributed by atoms with Crippen LogP contribution in [-0.2, 0) is 6.42 Å². The van der Waals surface area contributed by atoms with Crippen molar-refractivity contribution in [3.05, 3.63) is 223 Å². The Labute approximate surface area is 542 Å². The molecule has 11 aromatic rings. The third kappa shape index (κ3) is 22.8. The molecule has 92 heavy (non-hydrogen) atoms. The average Bonchev–Trinajstić information content (AvgIpc) is 2.53. The van der Waals surface area contributed by atoms with E-state index in [4.69, 9.17) is 35.3 Å². The molecule has 0 bridgehead atoms. The van der Waals surface area contributed by atoms with Gasteiger partial charge in [-0.15, -0.1) is 0 Å².